The molecule has 8 heteroatoms. The molecule has 1 unspecified atom stereocenters. The van der Waals surface area contributed by atoms with E-state index in [2.05, 4.69) is 0 Å². The predicted octanol–water partition coefficient (Wildman–Crippen LogP) is 5.73. The lowest BCUT2D eigenvalue weighted by atomic mass is 9.98. The summed E-state index contributed by atoms with van der Waals surface area (Å²) < 4.78 is 58.3. The average Bonchev–Trinajstić information content (AvgIpc) is 3.03. The second-order valence-corrected chi connectivity index (χ2v) is 12.8. The molecule has 0 aliphatic carbocycles. The van der Waals surface area contributed by atoms with Crippen LogP contribution in [0.3, 0.4) is 0 Å². The molecule has 7 nitrogen and oxygen atoms in total. The molecule has 0 aromatic heterocycles. The Hall–Kier alpha value is -3.37. The number of benzene rings is 4. The summed E-state index contributed by atoms with van der Waals surface area (Å²) in [5.41, 5.74) is 2.55. The Balaban J connectivity index is 1.45. The second kappa shape index (κ2) is 15.4. The number of hydrogen-bond acceptors (Lipinski definition) is 7. The minimum atomic E-state index is -3.73. The van der Waals surface area contributed by atoms with Gasteiger partial charge in [-0.15, -0.1) is 0 Å². The van der Waals surface area contributed by atoms with Crippen LogP contribution in [0.1, 0.15) is 22.3 Å². The Bertz CT molecular complexity index is 1470. The summed E-state index contributed by atoms with van der Waals surface area (Å²) in [4.78, 5) is 0. The van der Waals surface area contributed by atoms with Crippen LogP contribution in [-0.4, -0.2) is 51.1 Å². The highest BCUT2D eigenvalue weighted by atomic mass is 32.2. The lowest BCUT2D eigenvalue weighted by molar-refractivity contribution is -0.256. The monoisotopic (exact) mass is 602 g/mol. The Labute approximate surface area is 254 Å². The molecule has 1 fully saturated rings. The molecule has 226 valence electrons. The highest BCUT2D eigenvalue weighted by Crippen LogP contribution is 2.33. The molecule has 0 bridgehead atoms. The molecular weight excluding hydrogens is 564 g/mol. The Morgan fingerprint density at radius 2 is 0.907 bits per heavy atom. The third-order valence-corrected chi connectivity index (χ3v) is 8.49. The summed E-state index contributed by atoms with van der Waals surface area (Å²) >= 11 is 0. The first kappa shape index (κ1) is 31.1. The average molecular weight is 603 g/mol. The van der Waals surface area contributed by atoms with Crippen molar-refractivity contribution in [1.82, 2.24) is 0 Å². The summed E-state index contributed by atoms with van der Waals surface area (Å²) in [7, 11) is -3.73. The fourth-order valence-electron chi connectivity index (χ4n) is 5.09. The van der Waals surface area contributed by atoms with Crippen molar-refractivity contribution in [1.29, 1.82) is 0 Å². The topological polar surface area (TPSA) is 80.3 Å². The molecule has 43 heavy (non-hydrogen) atoms. The molecule has 5 rings (SSSR count). The molecular formula is C35H38O7S. The van der Waals surface area contributed by atoms with Gasteiger partial charge in [-0.3, -0.25) is 0 Å². The van der Waals surface area contributed by atoms with E-state index in [1.165, 1.54) is 0 Å². The van der Waals surface area contributed by atoms with E-state index in [-0.39, 0.29) is 26.4 Å². The Kier molecular flexibility index (Phi) is 11.1. The van der Waals surface area contributed by atoms with Crippen molar-refractivity contribution in [3.8, 4) is 0 Å². The molecule has 0 radical (unpaired) electrons. The molecule has 1 aliphatic heterocycles. The van der Waals surface area contributed by atoms with E-state index in [4.69, 9.17) is 23.7 Å². The minimum absolute atomic E-state index is 0.108. The third-order valence-electron chi connectivity index (χ3n) is 7.26. The van der Waals surface area contributed by atoms with Gasteiger partial charge in [-0.2, -0.15) is 0 Å². The van der Waals surface area contributed by atoms with Gasteiger partial charge in [-0.25, -0.2) is 8.42 Å². The van der Waals surface area contributed by atoms with Gasteiger partial charge in [0.05, 0.1) is 33.0 Å². The summed E-state index contributed by atoms with van der Waals surface area (Å²) in [5, 5.41) is 0. The third kappa shape index (κ3) is 9.06. The summed E-state index contributed by atoms with van der Waals surface area (Å²) in [6, 6.07) is 39.0. The maximum absolute atomic E-state index is 13.2. The first-order chi connectivity index (χ1) is 21.0. The van der Waals surface area contributed by atoms with Crippen molar-refractivity contribution in [3.63, 3.8) is 0 Å². The molecule has 0 spiro atoms. The van der Waals surface area contributed by atoms with Gasteiger partial charge in [-0.1, -0.05) is 121 Å². The quantitative estimate of drug-likeness (QED) is 0.182. The molecule has 0 amide bonds. The van der Waals surface area contributed by atoms with Crippen molar-refractivity contribution >= 4 is 9.84 Å². The van der Waals surface area contributed by atoms with Crippen LogP contribution in [0.15, 0.2) is 121 Å². The smallest absolute Gasteiger partial charge is 0.187 e. The number of ether oxygens (including phenoxy) is 5. The zero-order valence-corrected chi connectivity index (χ0v) is 25.1. The fourth-order valence-corrected chi connectivity index (χ4v) is 6.16. The van der Waals surface area contributed by atoms with Crippen LogP contribution in [0.4, 0.5) is 0 Å². The van der Waals surface area contributed by atoms with Gasteiger partial charge in [0.25, 0.3) is 0 Å². The first-order valence-corrected chi connectivity index (χ1v) is 16.4. The maximum atomic E-state index is 13.2. The Morgan fingerprint density at radius 3 is 1.33 bits per heavy atom. The van der Waals surface area contributed by atoms with Crippen LogP contribution < -0.4 is 0 Å². The van der Waals surface area contributed by atoms with Crippen LogP contribution in [-0.2, 0) is 59.9 Å². The van der Waals surface area contributed by atoms with Crippen LogP contribution in [0.2, 0.25) is 0 Å². The Morgan fingerprint density at radius 1 is 0.535 bits per heavy atom. The number of rotatable bonds is 14. The van der Waals surface area contributed by atoms with Gasteiger partial charge in [0.15, 0.2) is 15.3 Å². The van der Waals surface area contributed by atoms with Crippen LogP contribution in [0.25, 0.3) is 0 Å². The molecule has 4 aromatic carbocycles. The van der Waals surface area contributed by atoms with Crippen molar-refractivity contribution in [2.24, 2.45) is 0 Å². The van der Waals surface area contributed by atoms with Crippen molar-refractivity contribution in [3.05, 3.63) is 144 Å². The zero-order chi connectivity index (χ0) is 29.9. The van der Waals surface area contributed by atoms with Crippen LogP contribution in [0, 0.1) is 0 Å². The van der Waals surface area contributed by atoms with Gasteiger partial charge in [0.2, 0.25) is 0 Å². The van der Waals surface area contributed by atoms with Crippen molar-refractivity contribution < 1.29 is 32.1 Å². The van der Waals surface area contributed by atoms with E-state index in [1.54, 1.807) is 0 Å². The molecule has 0 saturated carbocycles. The lowest BCUT2D eigenvalue weighted by Crippen LogP contribution is -2.62. The van der Waals surface area contributed by atoms with E-state index in [9.17, 15) is 8.42 Å². The summed E-state index contributed by atoms with van der Waals surface area (Å²) in [6.45, 7) is 1.17. The van der Waals surface area contributed by atoms with E-state index >= 15 is 0 Å². The minimum Gasteiger partial charge on any atom is -0.374 e. The predicted molar refractivity (Wildman–Crippen MR) is 165 cm³/mol. The number of sulfone groups is 1. The van der Waals surface area contributed by atoms with E-state index in [0.29, 0.717) is 6.61 Å². The molecule has 0 N–H and O–H groups in total. The van der Waals surface area contributed by atoms with Crippen LogP contribution >= 0.6 is 0 Å². The van der Waals surface area contributed by atoms with Gasteiger partial charge >= 0.3 is 0 Å². The normalized spacial score (nSPS) is 22.3. The highest BCUT2D eigenvalue weighted by Gasteiger charge is 2.52. The molecule has 1 saturated heterocycles. The van der Waals surface area contributed by atoms with E-state index < -0.39 is 39.7 Å². The van der Waals surface area contributed by atoms with Gasteiger partial charge < -0.3 is 23.7 Å². The first-order valence-electron chi connectivity index (χ1n) is 14.4. The van der Waals surface area contributed by atoms with Crippen molar-refractivity contribution in [2.45, 2.75) is 56.3 Å². The molecule has 1 heterocycles. The zero-order valence-electron chi connectivity index (χ0n) is 24.2. The molecule has 1 aliphatic rings. The van der Waals surface area contributed by atoms with E-state index in [1.807, 2.05) is 121 Å². The SMILES string of the molecule is CS(=O)(=O)C1O[C@H](COCc2ccccc2)[C@@H](OCc2ccccc2)[C@H](OCc2ccccc2)[C@H]1OCc1ccccc1. The molecule has 5 atom stereocenters. The number of hydrogen-bond donors (Lipinski definition) is 0. The second-order valence-electron chi connectivity index (χ2n) is 10.7. The van der Waals surface area contributed by atoms with Gasteiger partial charge in [0.1, 0.15) is 24.4 Å². The van der Waals surface area contributed by atoms with Crippen molar-refractivity contribution in [2.75, 3.05) is 12.9 Å². The standard InChI is InChI=1S/C35H38O7S/c1-43(36,37)35-34(41-25-30-20-12-5-13-21-30)33(40-24-29-18-10-4-11-19-29)32(39-23-28-16-8-3-9-17-28)31(42-35)26-38-22-27-14-6-2-7-15-27/h2-21,31-35H,22-26H2,1H3/t31-,32-,33+,34-,35?/m1/s1. The van der Waals surface area contributed by atoms with Crippen LogP contribution in [0.5, 0.6) is 0 Å². The lowest BCUT2D eigenvalue weighted by Gasteiger charge is -2.45. The largest absolute Gasteiger partial charge is 0.374 e. The summed E-state index contributed by atoms with van der Waals surface area (Å²) in [6.07, 6.45) is -1.97. The molecule has 4 aromatic rings. The highest BCUT2D eigenvalue weighted by molar-refractivity contribution is 7.91. The summed E-state index contributed by atoms with van der Waals surface area (Å²) in [5.74, 6) is 0. The maximum Gasteiger partial charge on any atom is 0.187 e. The van der Waals surface area contributed by atoms with Gasteiger partial charge in [-0.05, 0) is 22.3 Å². The van der Waals surface area contributed by atoms with E-state index in [0.717, 1.165) is 28.5 Å². The fraction of sp³-hybridized carbons (Fsp3) is 0.314. The van der Waals surface area contributed by atoms with Gasteiger partial charge in [0, 0.05) is 6.26 Å².